The average Bonchev–Trinajstić information content (AvgIpc) is 2.96. The molecule has 0 spiro atoms. The molecule has 0 unspecified atom stereocenters. The van der Waals surface area contributed by atoms with Crippen molar-refractivity contribution in [2.75, 3.05) is 13.6 Å². The minimum absolute atomic E-state index is 0.208. The average molecular weight is 393 g/mol. The molecule has 0 saturated heterocycles. The van der Waals surface area contributed by atoms with E-state index < -0.39 is 10.0 Å². The number of hydrogen-bond donors (Lipinski definition) is 2. The first-order valence-corrected chi connectivity index (χ1v) is 9.49. The van der Waals surface area contributed by atoms with Crippen molar-refractivity contribution < 1.29 is 12.8 Å². The van der Waals surface area contributed by atoms with Crippen LogP contribution in [0.25, 0.3) is 0 Å². The molecule has 0 amide bonds. The van der Waals surface area contributed by atoms with Crippen molar-refractivity contribution in [3.63, 3.8) is 0 Å². The first-order valence-electron chi connectivity index (χ1n) is 6.40. The lowest BCUT2D eigenvalue weighted by Crippen LogP contribution is -2.26. The highest BCUT2D eigenvalue weighted by atomic mass is 79.9. The van der Waals surface area contributed by atoms with Gasteiger partial charge in [-0.1, -0.05) is 0 Å². The second-order valence-electron chi connectivity index (χ2n) is 4.52. The Morgan fingerprint density at radius 3 is 2.76 bits per heavy atom. The Balaban J connectivity index is 2.01. The van der Waals surface area contributed by atoms with E-state index in [0.717, 1.165) is 8.66 Å². The number of furan rings is 1. The maximum Gasteiger partial charge on any atom is 0.244 e. The van der Waals surface area contributed by atoms with Crippen LogP contribution in [0.5, 0.6) is 0 Å². The van der Waals surface area contributed by atoms with E-state index in [2.05, 4.69) is 26.0 Å². The number of nitrogens with one attached hydrogen (secondary N) is 2. The zero-order valence-corrected chi connectivity index (χ0v) is 15.0. The van der Waals surface area contributed by atoms with Crippen molar-refractivity contribution in [1.29, 1.82) is 0 Å². The summed E-state index contributed by atoms with van der Waals surface area (Å²) in [6.45, 7) is 2.52. The van der Waals surface area contributed by atoms with Crippen LogP contribution in [0.1, 0.15) is 16.4 Å². The fourth-order valence-electron chi connectivity index (χ4n) is 1.92. The molecule has 116 valence electrons. The highest BCUT2D eigenvalue weighted by Gasteiger charge is 2.20. The van der Waals surface area contributed by atoms with Gasteiger partial charge in [-0.15, -0.1) is 11.3 Å². The molecule has 0 fully saturated rings. The SMILES string of the molecule is CNCc1cc(S(=O)(=O)NCCc2ccc(Br)s2)c(C)o1. The molecule has 2 aromatic rings. The highest BCUT2D eigenvalue weighted by molar-refractivity contribution is 9.11. The van der Waals surface area contributed by atoms with Gasteiger partial charge in [-0.2, -0.15) is 0 Å². The van der Waals surface area contributed by atoms with Crippen molar-refractivity contribution in [3.05, 3.63) is 38.4 Å². The van der Waals surface area contributed by atoms with Crippen molar-refractivity contribution in [2.45, 2.75) is 24.8 Å². The van der Waals surface area contributed by atoms with Crippen LogP contribution in [0.3, 0.4) is 0 Å². The van der Waals surface area contributed by atoms with Gasteiger partial charge in [0.15, 0.2) is 0 Å². The minimum Gasteiger partial charge on any atom is -0.464 e. The van der Waals surface area contributed by atoms with Crippen LogP contribution in [0.4, 0.5) is 0 Å². The number of thiophene rings is 1. The standard InChI is InChI=1S/C13H17BrN2O3S2/c1-9-12(7-10(19-9)8-15-2)21(17,18)16-6-5-11-3-4-13(14)20-11/h3-4,7,15-16H,5-6,8H2,1-2H3. The van der Waals surface area contributed by atoms with Crippen LogP contribution in [-0.4, -0.2) is 22.0 Å². The molecule has 0 aliphatic carbocycles. The lowest BCUT2D eigenvalue weighted by molar-refractivity contribution is 0.465. The Morgan fingerprint density at radius 2 is 2.14 bits per heavy atom. The summed E-state index contributed by atoms with van der Waals surface area (Å²) in [5, 5.41) is 2.93. The van der Waals surface area contributed by atoms with Crippen LogP contribution in [-0.2, 0) is 23.0 Å². The van der Waals surface area contributed by atoms with Crippen LogP contribution < -0.4 is 10.0 Å². The largest absolute Gasteiger partial charge is 0.464 e. The zero-order chi connectivity index (χ0) is 15.5. The van der Waals surface area contributed by atoms with E-state index >= 15 is 0 Å². The van der Waals surface area contributed by atoms with Gasteiger partial charge < -0.3 is 9.73 Å². The third kappa shape index (κ3) is 4.40. The Morgan fingerprint density at radius 1 is 1.38 bits per heavy atom. The number of aryl methyl sites for hydroxylation is 1. The normalized spacial score (nSPS) is 12.0. The Labute approximate surface area is 136 Å². The Hall–Kier alpha value is -0.670. The summed E-state index contributed by atoms with van der Waals surface area (Å²) in [4.78, 5) is 1.34. The second kappa shape index (κ2) is 7.06. The molecular weight excluding hydrogens is 376 g/mol. The summed E-state index contributed by atoms with van der Waals surface area (Å²) < 4.78 is 33.6. The maximum atomic E-state index is 12.3. The van der Waals surface area contributed by atoms with Gasteiger partial charge in [0.2, 0.25) is 10.0 Å². The van der Waals surface area contributed by atoms with Crippen molar-refractivity contribution in [2.24, 2.45) is 0 Å². The molecule has 0 aliphatic heterocycles. The number of rotatable bonds is 7. The molecule has 21 heavy (non-hydrogen) atoms. The zero-order valence-electron chi connectivity index (χ0n) is 11.8. The van der Waals surface area contributed by atoms with Gasteiger partial charge in [0, 0.05) is 17.5 Å². The van der Waals surface area contributed by atoms with E-state index in [-0.39, 0.29) is 4.90 Å². The molecule has 8 heteroatoms. The smallest absolute Gasteiger partial charge is 0.244 e. The van der Waals surface area contributed by atoms with Crippen molar-refractivity contribution in [1.82, 2.24) is 10.0 Å². The molecule has 0 bridgehead atoms. The van der Waals surface area contributed by atoms with Crippen LogP contribution >= 0.6 is 27.3 Å². The third-order valence-electron chi connectivity index (χ3n) is 2.86. The van der Waals surface area contributed by atoms with E-state index in [1.54, 1.807) is 31.4 Å². The number of halogens is 1. The van der Waals surface area contributed by atoms with Crippen LogP contribution in [0.15, 0.2) is 31.3 Å². The van der Waals surface area contributed by atoms with E-state index in [0.29, 0.717) is 31.0 Å². The minimum atomic E-state index is -3.53. The summed E-state index contributed by atoms with van der Waals surface area (Å²) in [7, 11) is -1.75. The fourth-order valence-corrected chi connectivity index (χ4v) is 4.64. The van der Waals surface area contributed by atoms with Gasteiger partial charge in [-0.3, -0.25) is 0 Å². The van der Waals surface area contributed by atoms with Crippen molar-refractivity contribution in [3.8, 4) is 0 Å². The third-order valence-corrected chi connectivity index (χ3v) is 6.11. The van der Waals surface area contributed by atoms with Gasteiger partial charge in [-0.25, -0.2) is 13.1 Å². The summed E-state index contributed by atoms with van der Waals surface area (Å²) in [5.41, 5.74) is 0. The highest BCUT2D eigenvalue weighted by Crippen LogP contribution is 2.23. The Kier molecular flexibility index (Phi) is 5.61. The Bertz CT molecular complexity index is 707. The second-order valence-corrected chi connectivity index (χ2v) is 8.80. The van der Waals surface area contributed by atoms with E-state index in [1.807, 2.05) is 12.1 Å². The molecule has 2 heterocycles. The van der Waals surface area contributed by atoms with Gasteiger partial charge in [-0.05, 0) is 48.5 Å². The van der Waals surface area contributed by atoms with Crippen LogP contribution in [0, 0.1) is 6.92 Å². The summed E-state index contributed by atoms with van der Waals surface area (Å²) >= 11 is 4.99. The molecule has 2 N–H and O–H groups in total. The molecule has 0 aromatic carbocycles. The lowest BCUT2D eigenvalue weighted by Gasteiger charge is -2.04. The molecule has 2 aromatic heterocycles. The van der Waals surface area contributed by atoms with Gasteiger partial charge in [0.25, 0.3) is 0 Å². The molecule has 0 atom stereocenters. The summed E-state index contributed by atoms with van der Waals surface area (Å²) in [6.07, 6.45) is 0.662. The van der Waals surface area contributed by atoms with E-state index in [1.165, 1.54) is 0 Å². The maximum absolute atomic E-state index is 12.3. The fraction of sp³-hybridized carbons (Fsp3) is 0.385. The first kappa shape index (κ1) is 16.7. The predicted octanol–water partition coefficient (Wildman–Crippen LogP) is 2.65. The molecule has 0 aliphatic rings. The summed E-state index contributed by atoms with van der Waals surface area (Å²) in [6, 6.07) is 5.51. The lowest BCUT2D eigenvalue weighted by atomic mass is 10.3. The summed E-state index contributed by atoms with van der Waals surface area (Å²) in [5.74, 6) is 1.02. The predicted molar refractivity (Wildman–Crippen MR) is 87.1 cm³/mol. The van der Waals surface area contributed by atoms with Gasteiger partial charge in [0.05, 0.1) is 10.3 Å². The van der Waals surface area contributed by atoms with E-state index in [4.69, 9.17) is 4.42 Å². The number of hydrogen-bond acceptors (Lipinski definition) is 5. The molecule has 2 rings (SSSR count). The molecule has 5 nitrogen and oxygen atoms in total. The topological polar surface area (TPSA) is 71.3 Å². The van der Waals surface area contributed by atoms with Gasteiger partial charge >= 0.3 is 0 Å². The number of sulfonamides is 1. The van der Waals surface area contributed by atoms with Gasteiger partial charge in [0.1, 0.15) is 16.4 Å². The molecular formula is C13H17BrN2O3S2. The monoisotopic (exact) mass is 392 g/mol. The van der Waals surface area contributed by atoms with E-state index in [9.17, 15) is 8.42 Å². The quantitative estimate of drug-likeness (QED) is 0.759. The first-order chi connectivity index (χ1) is 9.92. The molecule has 0 radical (unpaired) electrons. The van der Waals surface area contributed by atoms with Crippen molar-refractivity contribution >= 4 is 37.3 Å². The molecule has 0 saturated carbocycles. The van der Waals surface area contributed by atoms with Crippen LogP contribution in [0.2, 0.25) is 0 Å².